The van der Waals surface area contributed by atoms with E-state index in [1.807, 2.05) is 0 Å². The Morgan fingerprint density at radius 3 is 2.50 bits per heavy atom. The first-order chi connectivity index (χ1) is 7.70. The van der Waals surface area contributed by atoms with E-state index in [2.05, 4.69) is 24.1 Å². The fraction of sp³-hybridized carbons (Fsp3) is 1.00. The van der Waals surface area contributed by atoms with Gasteiger partial charge < -0.3 is 15.3 Å². The Labute approximate surface area is 100 Å². The Bertz CT molecular complexity index is 181. The van der Waals surface area contributed by atoms with Crippen LogP contribution in [0.4, 0.5) is 0 Å². The molecule has 0 bridgehead atoms. The van der Waals surface area contributed by atoms with E-state index < -0.39 is 0 Å². The highest BCUT2D eigenvalue weighted by molar-refractivity contribution is 4.81. The lowest BCUT2D eigenvalue weighted by Crippen LogP contribution is -2.45. The number of likely N-dealkylation sites (tertiary alicyclic amines) is 1. The Balaban J connectivity index is 2.08. The van der Waals surface area contributed by atoms with Crippen LogP contribution in [0.2, 0.25) is 0 Å². The number of hydrogen-bond donors (Lipinski definition) is 2. The molecule has 3 heteroatoms. The van der Waals surface area contributed by atoms with Crippen molar-refractivity contribution in [3.8, 4) is 0 Å². The molecule has 1 aliphatic rings. The number of aliphatic hydroxyl groups is 1. The van der Waals surface area contributed by atoms with Gasteiger partial charge in [-0.1, -0.05) is 13.3 Å². The lowest BCUT2D eigenvalue weighted by Gasteiger charge is -2.28. The number of rotatable bonds is 8. The number of nitrogens with one attached hydrogen (secondary N) is 1. The van der Waals surface area contributed by atoms with Gasteiger partial charge in [-0.25, -0.2) is 0 Å². The molecular weight excluding hydrogens is 200 g/mol. The van der Waals surface area contributed by atoms with E-state index >= 15 is 0 Å². The van der Waals surface area contributed by atoms with Crippen LogP contribution >= 0.6 is 0 Å². The van der Waals surface area contributed by atoms with Crippen molar-refractivity contribution in [2.24, 2.45) is 0 Å². The van der Waals surface area contributed by atoms with Crippen molar-refractivity contribution in [3.05, 3.63) is 0 Å². The third kappa shape index (κ3) is 4.81. The van der Waals surface area contributed by atoms with E-state index in [1.165, 1.54) is 45.3 Å². The molecule has 0 saturated carbocycles. The average molecular weight is 228 g/mol. The van der Waals surface area contributed by atoms with E-state index in [0.29, 0.717) is 0 Å². The van der Waals surface area contributed by atoms with Gasteiger partial charge in [0.15, 0.2) is 0 Å². The minimum atomic E-state index is -0.0697. The van der Waals surface area contributed by atoms with Gasteiger partial charge in [-0.3, -0.25) is 0 Å². The second kappa shape index (κ2) is 7.25. The van der Waals surface area contributed by atoms with E-state index in [9.17, 15) is 5.11 Å². The third-order valence-corrected chi connectivity index (χ3v) is 3.60. The van der Waals surface area contributed by atoms with E-state index in [-0.39, 0.29) is 12.1 Å². The largest absolute Gasteiger partial charge is 0.394 e. The average Bonchev–Trinajstić information content (AvgIpc) is 2.78. The highest BCUT2D eigenvalue weighted by atomic mass is 16.3. The van der Waals surface area contributed by atoms with Gasteiger partial charge in [-0.2, -0.15) is 0 Å². The van der Waals surface area contributed by atoms with Crippen LogP contribution in [-0.4, -0.2) is 48.3 Å². The summed E-state index contributed by atoms with van der Waals surface area (Å²) in [5.74, 6) is 0. The summed E-state index contributed by atoms with van der Waals surface area (Å²) in [6.45, 7) is 9.22. The highest BCUT2D eigenvalue weighted by Crippen LogP contribution is 2.14. The second-order valence-electron chi connectivity index (χ2n) is 5.25. The molecule has 1 saturated heterocycles. The van der Waals surface area contributed by atoms with Gasteiger partial charge in [0, 0.05) is 5.54 Å². The predicted molar refractivity (Wildman–Crippen MR) is 68.7 cm³/mol. The Morgan fingerprint density at radius 1 is 1.25 bits per heavy atom. The summed E-state index contributed by atoms with van der Waals surface area (Å²) >= 11 is 0. The molecule has 2 N–H and O–H groups in total. The lowest BCUT2D eigenvalue weighted by molar-refractivity contribution is 0.163. The smallest absolute Gasteiger partial charge is 0.0610 e. The summed E-state index contributed by atoms with van der Waals surface area (Å²) in [5, 5.41) is 12.7. The lowest BCUT2D eigenvalue weighted by atomic mass is 9.95. The molecular formula is C13H28N2O. The Hall–Kier alpha value is -0.120. The fourth-order valence-electron chi connectivity index (χ4n) is 2.51. The van der Waals surface area contributed by atoms with Gasteiger partial charge in [-0.15, -0.1) is 0 Å². The normalized spacial score (nSPS) is 21.2. The molecule has 1 rings (SSSR count). The molecule has 0 aromatic heterocycles. The molecule has 0 radical (unpaired) electrons. The van der Waals surface area contributed by atoms with Crippen LogP contribution in [0.5, 0.6) is 0 Å². The SMILES string of the molecule is CCNC(C)(CO)CCCCN1CCCC1. The van der Waals surface area contributed by atoms with Crippen LogP contribution < -0.4 is 5.32 Å². The summed E-state index contributed by atoms with van der Waals surface area (Å²) in [4.78, 5) is 2.56. The molecule has 1 atom stereocenters. The van der Waals surface area contributed by atoms with Gasteiger partial charge in [0.05, 0.1) is 6.61 Å². The monoisotopic (exact) mass is 228 g/mol. The molecule has 1 aliphatic heterocycles. The number of likely N-dealkylation sites (N-methyl/N-ethyl adjacent to an activating group) is 1. The second-order valence-corrected chi connectivity index (χ2v) is 5.25. The number of nitrogens with zero attached hydrogens (tertiary/aromatic N) is 1. The maximum absolute atomic E-state index is 9.35. The van der Waals surface area contributed by atoms with E-state index in [4.69, 9.17) is 0 Å². The van der Waals surface area contributed by atoms with Crippen LogP contribution in [0.3, 0.4) is 0 Å². The standard InChI is InChI=1S/C13H28N2O/c1-3-14-13(2,12-16)8-4-5-9-15-10-6-7-11-15/h14,16H,3-12H2,1-2H3. The van der Waals surface area contributed by atoms with Gasteiger partial charge in [-0.05, 0) is 58.8 Å². The topological polar surface area (TPSA) is 35.5 Å². The molecule has 1 unspecified atom stereocenters. The molecule has 0 aromatic carbocycles. The summed E-state index contributed by atoms with van der Waals surface area (Å²) in [5.41, 5.74) is -0.0697. The number of hydrogen-bond acceptors (Lipinski definition) is 3. The summed E-state index contributed by atoms with van der Waals surface area (Å²) in [6.07, 6.45) is 6.31. The van der Waals surface area contributed by atoms with E-state index in [1.54, 1.807) is 0 Å². The minimum Gasteiger partial charge on any atom is -0.394 e. The number of aliphatic hydroxyl groups excluding tert-OH is 1. The van der Waals surface area contributed by atoms with E-state index in [0.717, 1.165) is 13.0 Å². The van der Waals surface area contributed by atoms with Crippen LogP contribution in [-0.2, 0) is 0 Å². The van der Waals surface area contributed by atoms with Crippen LogP contribution in [0, 0.1) is 0 Å². The van der Waals surface area contributed by atoms with Crippen molar-refractivity contribution in [2.75, 3.05) is 32.8 Å². The third-order valence-electron chi connectivity index (χ3n) is 3.60. The maximum atomic E-state index is 9.35. The molecule has 16 heavy (non-hydrogen) atoms. The Kier molecular flexibility index (Phi) is 6.32. The van der Waals surface area contributed by atoms with Crippen LogP contribution in [0.25, 0.3) is 0 Å². The fourth-order valence-corrected chi connectivity index (χ4v) is 2.51. The first-order valence-corrected chi connectivity index (χ1v) is 6.78. The van der Waals surface area contributed by atoms with Gasteiger partial charge >= 0.3 is 0 Å². The maximum Gasteiger partial charge on any atom is 0.0610 e. The molecule has 96 valence electrons. The first-order valence-electron chi connectivity index (χ1n) is 6.78. The molecule has 0 spiro atoms. The van der Waals surface area contributed by atoms with Gasteiger partial charge in [0.25, 0.3) is 0 Å². The zero-order chi connectivity index (χ0) is 11.9. The Morgan fingerprint density at radius 2 is 1.94 bits per heavy atom. The predicted octanol–water partition coefficient (Wildman–Crippen LogP) is 1.61. The molecule has 1 fully saturated rings. The zero-order valence-corrected chi connectivity index (χ0v) is 11.0. The zero-order valence-electron chi connectivity index (χ0n) is 11.0. The highest BCUT2D eigenvalue weighted by Gasteiger charge is 2.21. The van der Waals surface area contributed by atoms with Crippen molar-refractivity contribution >= 4 is 0 Å². The van der Waals surface area contributed by atoms with Gasteiger partial charge in [0.2, 0.25) is 0 Å². The number of unbranched alkanes of at least 4 members (excludes halogenated alkanes) is 1. The van der Waals surface area contributed by atoms with Crippen LogP contribution in [0.15, 0.2) is 0 Å². The van der Waals surface area contributed by atoms with Crippen molar-refractivity contribution in [3.63, 3.8) is 0 Å². The molecule has 0 amide bonds. The quantitative estimate of drug-likeness (QED) is 0.620. The summed E-state index contributed by atoms with van der Waals surface area (Å²) < 4.78 is 0. The molecule has 1 heterocycles. The molecule has 0 aromatic rings. The van der Waals surface area contributed by atoms with Crippen molar-refractivity contribution in [1.82, 2.24) is 10.2 Å². The molecule has 0 aliphatic carbocycles. The summed E-state index contributed by atoms with van der Waals surface area (Å²) in [7, 11) is 0. The van der Waals surface area contributed by atoms with Crippen molar-refractivity contribution < 1.29 is 5.11 Å². The first kappa shape index (κ1) is 13.9. The van der Waals surface area contributed by atoms with Gasteiger partial charge in [0.1, 0.15) is 0 Å². The van der Waals surface area contributed by atoms with Crippen molar-refractivity contribution in [2.45, 2.75) is 51.5 Å². The van der Waals surface area contributed by atoms with Crippen molar-refractivity contribution in [1.29, 1.82) is 0 Å². The molecule has 3 nitrogen and oxygen atoms in total. The van der Waals surface area contributed by atoms with Crippen LogP contribution in [0.1, 0.15) is 46.0 Å². The summed E-state index contributed by atoms with van der Waals surface area (Å²) in [6, 6.07) is 0. The minimum absolute atomic E-state index is 0.0697.